The summed E-state index contributed by atoms with van der Waals surface area (Å²) < 4.78 is 41.1. The van der Waals surface area contributed by atoms with Crippen molar-refractivity contribution in [3.05, 3.63) is 52.8 Å². The van der Waals surface area contributed by atoms with Gasteiger partial charge in [0.25, 0.3) is 5.91 Å². The Morgan fingerprint density at radius 3 is 2.21 bits per heavy atom. The minimum absolute atomic E-state index is 0.124. The fraction of sp³-hybridized carbons (Fsp3) is 0.444. The molecule has 0 saturated heterocycles. The topological polar surface area (TPSA) is 107 Å². The maximum absolute atomic E-state index is 13.3. The van der Waals surface area contributed by atoms with Crippen molar-refractivity contribution in [2.75, 3.05) is 26.8 Å². The number of thiazole rings is 1. The van der Waals surface area contributed by atoms with Gasteiger partial charge in [0.05, 0.1) is 23.3 Å². The Morgan fingerprint density at radius 2 is 1.66 bits per heavy atom. The highest BCUT2D eigenvalue weighted by atomic mass is 32.2. The van der Waals surface area contributed by atoms with Gasteiger partial charge in [0.2, 0.25) is 10.0 Å². The fourth-order valence-corrected chi connectivity index (χ4v) is 6.80. The number of esters is 1. The van der Waals surface area contributed by atoms with Crippen molar-refractivity contribution < 1.29 is 27.5 Å². The number of hydrogen-bond donors (Lipinski definition) is 0. The lowest BCUT2D eigenvalue weighted by atomic mass is 10.2. The van der Waals surface area contributed by atoms with Gasteiger partial charge in [0, 0.05) is 18.7 Å². The third kappa shape index (κ3) is 6.89. The fourth-order valence-electron chi connectivity index (χ4n) is 3.99. The van der Waals surface area contributed by atoms with E-state index in [0.29, 0.717) is 29.2 Å². The highest BCUT2D eigenvalue weighted by Crippen LogP contribution is 2.27. The minimum atomic E-state index is -3.72. The first-order valence-electron chi connectivity index (χ1n) is 12.5. The number of nitrogens with zero attached hydrogens (tertiary/aromatic N) is 3. The number of carbonyl (C=O) groups excluding carboxylic acids is 2. The molecule has 0 atom stereocenters. The first-order chi connectivity index (χ1) is 18.0. The van der Waals surface area contributed by atoms with Crippen LogP contribution in [0.1, 0.15) is 45.0 Å². The SMILES string of the molecule is CCOC(=O)Cn1c(=NC(=O)c2ccc(S(=O)(=O)N(CC(C)C)CC(C)C)cc2)sc2cccc(OC)c21. The quantitative estimate of drug-likeness (QED) is 0.323. The second-order valence-electron chi connectivity index (χ2n) is 9.63. The van der Waals surface area contributed by atoms with E-state index in [9.17, 15) is 18.0 Å². The van der Waals surface area contributed by atoms with Crippen LogP contribution in [0.4, 0.5) is 0 Å². The molecule has 1 aromatic heterocycles. The van der Waals surface area contributed by atoms with E-state index in [-0.39, 0.29) is 35.4 Å². The van der Waals surface area contributed by atoms with Gasteiger partial charge in [0.15, 0.2) is 4.80 Å². The number of fused-ring (bicyclic) bond motifs is 1. The van der Waals surface area contributed by atoms with E-state index in [1.807, 2.05) is 39.8 Å². The summed E-state index contributed by atoms with van der Waals surface area (Å²) in [4.78, 5) is 30.1. The van der Waals surface area contributed by atoms with Gasteiger partial charge in [-0.05, 0) is 55.2 Å². The van der Waals surface area contributed by atoms with Gasteiger partial charge < -0.3 is 14.0 Å². The average Bonchev–Trinajstić information content (AvgIpc) is 3.20. The number of methoxy groups -OCH3 is 1. The predicted octanol–water partition coefficient (Wildman–Crippen LogP) is 4.32. The molecule has 206 valence electrons. The molecular formula is C27H35N3O6S2. The van der Waals surface area contributed by atoms with E-state index in [4.69, 9.17) is 9.47 Å². The van der Waals surface area contributed by atoms with Crippen molar-refractivity contribution >= 4 is 43.5 Å². The summed E-state index contributed by atoms with van der Waals surface area (Å²) in [7, 11) is -2.19. The number of carbonyl (C=O) groups is 2. The third-order valence-corrected chi connectivity index (χ3v) is 8.44. The zero-order valence-corrected chi connectivity index (χ0v) is 24.3. The Labute approximate surface area is 227 Å². The maximum Gasteiger partial charge on any atom is 0.326 e. The Bertz CT molecular complexity index is 1440. The van der Waals surface area contributed by atoms with E-state index in [0.717, 1.165) is 4.70 Å². The average molecular weight is 562 g/mol. The summed E-state index contributed by atoms with van der Waals surface area (Å²) in [5.41, 5.74) is 0.867. The number of aromatic nitrogens is 1. The Balaban J connectivity index is 1.99. The normalized spacial score (nSPS) is 12.6. The highest BCUT2D eigenvalue weighted by molar-refractivity contribution is 7.89. The zero-order valence-electron chi connectivity index (χ0n) is 22.6. The Morgan fingerprint density at radius 1 is 1.03 bits per heavy atom. The summed E-state index contributed by atoms with van der Waals surface area (Å²) in [5.74, 6) is -0.139. The molecule has 38 heavy (non-hydrogen) atoms. The largest absolute Gasteiger partial charge is 0.495 e. The number of para-hydroxylation sites is 1. The predicted molar refractivity (Wildman–Crippen MR) is 148 cm³/mol. The monoisotopic (exact) mass is 561 g/mol. The number of benzene rings is 2. The lowest BCUT2D eigenvalue weighted by Crippen LogP contribution is -2.37. The molecule has 0 bridgehead atoms. The van der Waals surface area contributed by atoms with Crippen LogP contribution >= 0.6 is 11.3 Å². The van der Waals surface area contributed by atoms with Gasteiger partial charge in [-0.15, -0.1) is 0 Å². The van der Waals surface area contributed by atoms with E-state index in [2.05, 4.69) is 4.99 Å². The van der Waals surface area contributed by atoms with E-state index in [1.165, 1.54) is 47.0 Å². The molecule has 0 fully saturated rings. The molecule has 1 heterocycles. The van der Waals surface area contributed by atoms with Gasteiger partial charge in [-0.3, -0.25) is 9.59 Å². The van der Waals surface area contributed by atoms with Crippen LogP contribution in [-0.2, 0) is 26.1 Å². The maximum atomic E-state index is 13.3. The number of sulfonamides is 1. The summed E-state index contributed by atoms with van der Waals surface area (Å²) in [5, 5.41) is 0. The third-order valence-electron chi connectivity index (χ3n) is 5.55. The summed E-state index contributed by atoms with van der Waals surface area (Å²) in [6, 6.07) is 11.2. The highest BCUT2D eigenvalue weighted by Gasteiger charge is 2.26. The molecule has 0 N–H and O–H groups in total. The second-order valence-corrected chi connectivity index (χ2v) is 12.6. The smallest absolute Gasteiger partial charge is 0.326 e. The summed E-state index contributed by atoms with van der Waals surface area (Å²) in [6.07, 6.45) is 0. The van der Waals surface area contributed by atoms with Crippen LogP contribution in [0, 0.1) is 11.8 Å². The summed E-state index contributed by atoms with van der Waals surface area (Å²) in [6.45, 7) is 10.5. The van der Waals surface area contributed by atoms with Crippen molar-refractivity contribution in [1.29, 1.82) is 0 Å². The molecule has 0 aliphatic carbocycles. The molecule has 3 rings (SSSR count). The van der Waals surface area contributed by atoms with Crippen LogP contribution in [0.25, 0.3) is 10.2 Å². The molecule has 0 aliphatic rings. The van der Waals surface area contributed by atoms with Gasteiger partial charge >= 0.3 is 5.97 Å². The standard InChI is InChI=1S/C27H35N3O6S2/c1-7-36-24(31)17-30-25-22(35-6)9-8-10-23(25)37-27(30)28-26(32)20-11-13-21(14-12-20)38(33,34)29(15-18(2)3)16-19(4)5/h8-14,18-19H,7,15-17H2,1-6H3. The molecule has 11 heteroatoms. The first-order valence-corrected chi connectivity index (χ1v) is 14.7. The molecule has 0 spiro atoms. The lowest BCUT2D eigenvalue weighted by molar-refractivity contribution is -0.143. The summed E-state index contributed by atoms with van der Waals surface area (Å²) >= 11 is 1.24. The van der Waals surface area contributed by atoms with E-state index in [1.54, 1.807) is 17.6 Å². The van der Waals surface area contributed by atoms with Gasteiger partial charge in [0.1, 0.15) is 17.8 Å². The van der Waals surface area contributed by atoms with E-state index < -0.39 is 21.9 Å². The number of hydrogen-bond acceptors (Lipinski definition) is 7. The van der Waals surface area contributed by atoms with Gasteiger partial charge in [-0.1, -0.05) is 45.1 Å². The van der Waals surface area contributed by atoms with Gasteiger partial charge in [-0.25, -0.2) is 8.42 Å². The van der Waals surface area contributed by atoms with Crippen molar-refractivity contribution in [3.8, 4) is 5.75 Å². The van der Waals surface area contributed by atoms with E-state index >= 15 is 0 Å². The molecule has 0 aliphatic heterocycles. The number of amides is 1. The van der Waals surface area contributed by atoms with Crippen molar-refractivity contribution in [1.82, 2.24) is 8.87 Å². The number of rotatable bonds is 11. The van der Waals surface area contributed by atoms with Crippen molar-refractivity contribution in [2.24, 2.45) is 16.8 Å². The molecule has 3 aromatic rings. The molecule has 0 saturated carbocycles. The molecule has 9 nitrogen and oxygen atoms in total. The van der Waals surface area contributed by atoms with Crippen molar-refractivity contribution in [2.45, 2.75) is 46.1 Å². The van der Waals surface area contributed by atoms with Crippen LogP contribution in [0.3, 0.4) is 0 Å². The van der Waals surface area contributed by atoms with Crippen LogP contribution in [0.2, 0.25) is 0 Å². The number of ether oxygens (including phenoxy) is 2. The second kappa shape index (κ2) is 12.7. The minimum Gasteiger partial charge on any atom is -0.495 e. The molecule has 1 amide bonds. The van der Waals surface area contributed by atoms with Crippen LogP contribution in [0.15, 0.2) is 52.4 Å². The van der Waals surface area contributed by atoms with Crippen molar-refractivity contribution in [3.63, 3.8) is 0 Å². The first kappa shape index (κ1) is 29.5. The molecule has 0 radical (unpaired) electrons. The van der Waals surface area contributed by atoms with Crippen LogP contribution < -0.4 is 9.54 Å². The zero-order chi connectivity index (χ0) is 28.0. The Kier molecular flexibility index (Phi) is 9.86. The molecular weight excluding hydrogens is 526 g/mol. The van der Waals surface area contributed by atoms with Crippen LogP contribution in [0.5, 0.6) is 5.75 Å². The molecule has 0 unspecified atom stereocenters. The molecule has 2 aromatic carbocycles. The Hall–Kier alpha value is -3.02. The van der Waals surface area contributed by atoms with Gasteiger partial charge in [-0.2, -0.15) is 9.30 Å². The lowest BCUT2D eigenvalue weighted by Gasteiger charge is -2.25. The van der Waals surface area contributed by atoms with Crippen LogP contribution in [-0.4, -0.2) is 56.0 Å².